The van der Waals surface area contributed by atoms with E-state index in [4.69, 9.17) is 4.98 Å². The number of aromatic nitrogens is 1. The molecule has 6 heteroatoms. The number of thiazole rings is 1. The quantitative estimate of drug-likeness (QED) is 0.929. The van der Waals surface area contributed by atoms with Crippen LogP contribution in [0, 0.1) is 0 Å². The van der Waals surface area contributed by atoms with Crippen LogP contribution in [0.3, 0.4) is 0 Å². The third-order valence-electron chi connectivity index (χ3n) is 4.91. The highest BCUT2D eigenvalue weighted by Gasteiger charge is 2.35. The first-order chi connectivity index (χ1) is 10.2. The van der Waals surface area contributed by atoms with Gasteiger partial charge >= 0.3 is 5.97 Å². The summed E-state index contributed by atoms with van der Waals surface area (Å²) in [5, 5.41) is 10.3. The lowest BCUT2D eigenvalue weighted by molar-refractivity contribution is 0.0700. The summed E-state index contributed by atoms with van der Waals surface area (Å²) in [6.45, 7) is 4.30. The van der Waals surface area contributed by atoms with E-state index in [1.54, 1.807) is 0 Å². The predicted octanol–water partition coefficient (Wildman–Crippen LogP) is 2.39. The van der Waals surface area contributed by atoms with Crippen LogP contribution in [0.2, 0.25) is 0 Å². The Bertz CT molecular complexity index is 555. The number of piperazine rings is 1. The monoisotopic (exact) mass is 307 g/mol. The van der Waals surface area contributed by atoms with Crippen LogP contribution < -0.4 is 4.90 Å². The van der Waals surface area contributed by atoms with Crippen LogP contribution in [0.15, 0.2) is 0 Å². The van der Waals surface area contributed by atoms with Gasteiger partial charge in [-0.2, -0.15) is 0 Å². The minimum atomic E-state index is -0.808. The summed E-state index contributed by atoms with van der Waals surface area (Å²) in [6.07, 6.45) is 6.10. The van der Waals surface area contributed by atoms with Crippen molar-refractivity contribution in [2.75, 3.05) is 31.1 Å². The van der Waals surface area contributed by atoms with Gasteiger partial charge in [0, 0.05) is 31.6 Å². The van der Waals surface area contributed by atoms with E-state index >= 15 is 0 Å². The second kappa shape index (κ2) is 5.25. The van der Waals surface area contributed by atoms with Gasteiger partial charge in [-0.1, -0.05) is 17.8 Å². The summed E-state index contributed by atoms with van der Waals surface area (Å²) in [4.78, 5) is 21.5. The van der Waals surface area contributed by atoms with E-state index in [9.17, 15) is 9.90 Å². The molecular weight excluding hydrogens is 286 g/mol. The Morgan fingerprint density at radius 3 is 2.81 bits per heavy atom. The lowest BCUT2D eigenvalue weighted by atomic mass is 10.00. The van der Waals surface area contributed by atoms with Crippen molar-refractivity contribution in [2.24, 2.45) is 0 Å². The van der Waals surface area contributed by atoms with Gasteiger partial charge in [0.25, 0.3) is 0 Å². The van der Waals surface area contributed by atoms with Crippen molar-refractivity contribution in [3.63, 3.8) is 0 Å². The molecule has 1 aliphatic carbocycles. The van der Waals surface area contributed by atoms with Gasteiger partial charge in [0.1, 0.15) is 4.88 Å². The minimum absolute atomic E-state index is 0.400. The van der Waals surface area contributed by atoms with Gasteiger partial charge in [0.15, 0.2) is 5.13 Å². The van der Waals surface area contributed by atoms with E-state index in [1.165, 1.54) is 37.1 Å². The molecule has 2 saturated heterocycles. The number of carboxylic acid groups (broad SMARTS) is 1. The minimum Gasteiger partial charge on any atom is -0.477 e. The maximum Gasteiger partial charge on any atom is 0.347 e. The standard InChI is InChI=1S/C15H21N3O2S/c19-14(20)13-12(10-4-5-10)16-15(21-13)18-8-7-17-6-2-1-3-11(17)9-18/h10-11H,1-9H2,(H,19,20). The van der Waals surface area contributed by atoms with E-state index in [1.807, 2.05) is 0 Å². The molecule has 1 saturated carbocycles. The first kappa shape index (κ1) is 13.5. The Morgan fingerprint density at radius 2 is 2.05 bits per heavy atom. The van der Waals surface area contributed by atoms with Gasteiger partial charge in [-0.25, -0.2) is 9.78 Å². The number of rotatable bonds is 3. The zero-order valence-corrected chi connectivity index (χ0v) is 12.9. The predicted molar refractivity (Wildman–Crippen MR) is 82.5 cm³/mol. The fourth-order valence-electron chi connectivity index (χ4n) is 3.57. The third-order valence-corrected chi connectivity index (χ3v) is 6.03. The number of hydrogen-bond donors (Lipinski definition) is 1. The first-order valence-corrected chi connectivity index (χ1v) is 8.77. The molecule has 5 nitrogen and oxygen atoms in total. The Kier molecular flexibility index (Phi) is 3.38. The Labute approximate surface area is 128 Å². The molecule has 4 rings (SSSR count). The van der Waals surface area contributed by atoms with Gasteiger partial charge < -0.3 is 10.0 Å². The molecule has 3 heterocycles. The van der Waals surface area contributed by atoms with Gasteiger partial charge in [-0.3, -0.25) is 4.90 Å². The topological polar surface area (TPSA) is 56.7 Å². The summed E-state index contributed by atoms with van der Waals surface area (Å²) in [5.41, 5.74) is 0.841. The normalized spacial score (nSPS) is 26.7. The molecule has 1 aromatic rings. The Balaban J connectivity index is 1.56. The smallest absolute Gasteiger partial charge is 0.347 e. The zero-order valence-electron chi connectivity index (χ0n) is 12.1. The molecule has 1 aromatic heterocycles. The van der Waals surface area contributed by atoms with Crippen LogP contribution >= 0.6 is 11.3 Å². The summed E-state index contributed by atoms with van der Waals surface area (Å²) in [7, 11) is 0. The van der Waals surface area contributed by atoms with Crippen LogP contribution in [0.4, 0.5) is 5.13 Å². The van der Waals surface area contributed by atoms with Gasteiger partial charge in [0.2, 0.25) is 0 Å². The van der Waals surface area contributed by atoms with E-state index in [2.05, 4.69) is 9.80 Å². The SMILES string of the molecule is O=C(O)c1sc(N2CCN3CCCCC3C2)nc1C1CC1. The molecule has 2 aliphatic heterocycles. The molecule has 0 amide bonds. The molecule has 3 aliphatic rings. The van der Waals surface area contributed by atoms with E-state index < -0.39 is 5.97 Å². The molecule has 1 atom stereocenters. The van der Waals surface area contributed by atoms with Gasteiger partial charge in [-0.15, -0.1) is 0 Å². The fraction of sp³-hybridized carbons (Fsp3) is 0.733. The summed E-state index contributed by atoms with van der Waals surface area (Å²) in [5.74, 6) is -0.408. The van der Waals surface area contributed by atoms with Crippen LogP contribution in [0.25, 0.3) is 0 Å². The highest BCUT2D eigenvalue weighted by Crippen LogP contribution is 2.44. The zero-order chi connectivity index (χ0) is 14.4. The lowest BCUT2D eigenvalue weighted by Crippen LogP contribution is -2.54. The highest BCUT2D eigenvalue weighted by atomic mass is 32.1. The third kappa shape index (κ3) is 2.55. The van der Waals surface area contributed by atoms with Crippen LogP contribution in [0.5, 0.6) is 0 Å². The number of nitrogens with zero attached hydrogens (tertiary/aromatic N) is 3. The summed E-state index contributed by atoms with van der Waals surface area (Å²) in [6, 6.07) is 0.633. The molecule has 0 radical (unpaired) electrons. The average molecular weight is 307 g/mol. The van der Waals surface area contributed by atoms with Crippen molar-refractivity contribution in [3.05, 3.63) is 10.6 Å². The van der Waals surface area contributed by atoms with Crippen molar-refractivity contribution in [2.45, 2.75) is 44.1 Å². The highest BCUT2D eigenvalue weighted by molar-refractivity contribution is 7.17. The maximum absolute atomic E-state index is 11.4. The number of fused-ring (bicyclic) bond motifs is 1. The number of hydrogen-bond acceptors (Lipinski definition) is 5. The number of carbonyl (C=O) groups is 1. The molecule has 3 fully saturated rings. The summed E-state index contributed by atoms with van der Waals surface area (Å²) >= 11 is 1.38. The maximum atomic E-state index is 11.4. The van der Waals surface area contributed by atoms with Gasteiger partial charge in [0.05, 0.1) is 5.69 Å². The average Bonchev–Trinajstić information content (AvgIpc) is 3.25. The molecule has 1 unspecified atom stereocenters. The fourth-order valence-corrected chi connectivity index (χ4v) is 4.60. The number of carboxylic acids is 1. The molecule has 1 N–H and O–H groups in total. The van der Waals surface area contributed by atoms with Crippen molar-refractivity contribution in [3.8, 4) is 0 Å². The van der Waals surface area contributed by atoms with E-state index in [-0.39, 0.29) is 0 Å². The van der Waals surface area contributed by atoms with E-state index in [0.717, 1.165) is 43.3 Å². The Hall–Kier alpha value is -1.14. The lowest BCUT2D eigenvalue weighted by Gasteiger charge is -2.44. The van der Waals surface area contributed by atoms with Crippen LogP contribution in [-0.2, 0) is 0 Å². The van der Waals surface area contributed by atoms with Crippen molar-refractivity contribution in [1.82, 2.24) is 9.88 Å². The van der Waals surface area contributed by atoms with Crippen LogP contribution in [0.1, 0.15) is 53.4 Å². The number of anilines is 1. The van der Waals surface area contributed by atoms with Crippen molar-refractivity contribution >= 4 is 22.4 Å². The van der Waals surface area contributed by atoms with Gasteiger partial charge in [-0.05, 0) is 32.2 Å². The number of aromatic carboxylic acids is 1. The second-order valence-electron chi connectivity index (χ2n) is 6.42. The molecule has 0 bridgehead atoms. The molecular formula is C15H21N3O2S. The molecule has 0 spiro atoms. The molecule has 114 valence electrons. The summed E-state index contributed by atoms with van der Waals surface area (Å²) < 4.78 is 0. The van der Waals surface area contributed by atoms with Crippen molar-refractivity contribution < 1.29 is 9.90 Å². The van der Waals surface area contributed by atoms with Crippen molar-refractivity contribution in [1.29, 1.82) is 0 Å². The molecule has 21 heavy (non-hydrogen) atoms. The first-order valence-electron chi connectivity index (χ1n) is 7.95. The Morgan fingerprint density at radius 1 is 1.19 bits per heavy atom. The van der Waals surface area contributed by atoms with E-state index in [0.29, 0.717) is 16.8 Å². The number of piperidine rings is 1. The second-order valence-corrected chi connectivity index (χ2v) is 7.40. The molecule has 0 aromatic carbocycles. The van der Waals surface area contributed by atoms with Crippen LogP contribution in [-0.4, -0.2) is 53.2 Å². The largest absolute Gasteiger partial charge is 0.477 e.